The van der Waals surface area contributed by atoms with E-state index in [9.17, 15) is 5.11 Å². The lowest BCUT2D eigenvalue weighted by atomic mass is 10.0. The second-order valence-corrected chi connectivity index (χ2v) is 8.69. The zero-order valence-electron chi connectivity index (χ0n) is 16.2. The van der Waals surface area contributed by atoms with E-state index in [1.807, 2.05) is 24.3 Å². The van der Waals surface area contributed by atoms with Crippen LogP contribution < -0.4 is 4.74 Å². The molecule has 27 heavy (non-hydrogen) atoms. The Morgan fingerprint density at radius 3 is 2.59 bits per heavy atom. The molecule has 0 radical (unpaired) electrons. The third kappa shape index (κ3) is 5.08. The van der Waals surface area contributed by atoms with Gasteiger partial charge in [-0.2, -0.15) is 0 Å². The van der Waals surface area contributed by atoms with Gasteiger partial charge in [0, 0.05) is 10.9 Å². The van der Waals surface area contributed by atoms with E-state index >= 15 is 0 Å². The summed E-state index contributed by atoms with van der Waals surface area (Å²) in [5.41, 5.74) is 2.21. The molecular formula is C23H29NO2S. The molecule has 0 saturated carbocycles. The van der Waals surface area contributed by atoms with E-state index in [1.54, 1.807) is 11.8 Å². The van der Waals surface area contributed by atoms with Gasteiger partial charge in [-0.15, -0.1) is 0 Å². The van der Waals surface area contributed by atoms with Gasteiger partial charge in [0.1, 0.15) is 5.75 Å². The molecule has 1 aromatic heterocycles. The molecule has 3 aromatic rings. The van der Waals surface area contributed by atoms with E-state index in [0.29, 0.717) is 0 Å². The third-order valence-corrected chi connectivity index (χ3v) is 6.11. The Morgan fingerprint density at radius 1 is 1.04 bits per heavy atom. The van der Waals surface area contributed by atoms with Gasteiger partial charge in [-0.25, -0.2) is 0 Å². The minimum absolute atomic E-state index is 0.0726. The van der Waals surface area contributed by atoms with Crippen molar-refractivity contribution in [2.45, 2.75) is 49.3 Å². The Bertz CT molecular complexity index is 846. The maximum absolute atomic E-state index is 10.0. The van der Waals surface area contributed by atoms with Gasteiger partial charge in [0.15, 0.2) is 0 Å². The molecule has 1 heterocycles. The number of H-pyrrole nitrogens is 1. The smallest absolute Gasteiger partial charge is 0.120 e. The Hall–Kier alpha value is -1.91. The first-order chi connectivity index (χ1) is 13.1. The summed E-state index contributed by atoms with van der Waals surface area (Å²) in [5.74, 6) is 0.919. The first-order valence-corrected chi connectivity index (χ1v) is 10.6. The van der Waals surface area contributed by atoms with Crippen molar-refractivity contribution >= 4 is 22.7 Å². The maximum Gasteiger partial charge on any atom is 0.120 e. The van der Waals surface area contributed by atoms with Gasteiger partial charge in [0.05, 0.1) is 23.0 Å². The summed E-state index contributed by atoms with van der Waals surface area (Å²) in [5, 5.41) is 12.2. The number of thioether (sulfide) groups is 1. The first kappa shape index (κ1) is 19.8. The van der Waals surface area contributed by atoms with Crippen LogP contribution in [0.4, 0.5) is 0 Å². The van der Waals surface area contributed by atoms with Crippen LogP contribution >= 0.6 is 11.8 Å². The van der Waals surface area contributed by atoms with Crippen molar-refractivity contribution in [3.8, 4) is 5.75 Å². The molecule has 0 bridgehead atoms. The molecule has 2 N–H and O–H groups in total. The molecule has 0 spiro atoms. The lowest BCUT2D eigenvalue weighted by molar-refractivity contribution is 0.257. The number of aromatic amines is 1. The van der Waals surface area contributed by atoms with Crippen molar-refractivity contribution in [2.24, 2.45) is 0 Å². The van der Waals surface area contributed by atoms with E-state index in [1.165, 1.54) is 19.3 Å². The highest BCUT2D eigenvalue weighted by Crippen LogP contribution is 2.41. The van der Waals surface area contributed by atoms with Crippen LogP contribution in [0.3, 0.4) is 0 Å². The molecule has 0 fully saturated rings. The number of aliphatic hydroxyl groups excluding tert-OH is 1. The molecule has 0 amide bonds. The van der Waals surface area contributed by atoms with Gasteiger partial charge >= 0.3 is 0 Å². The minimum Gasteiger partial charge on any atom is -0.494 e. The van der Waals surface area contributed by atoms with E-state index in [2.05, 4.69) is 49.2 Å². The van der Waals surface area contributed by atoms with Gasteiger partial charge in [-0.1, -0.05) is 68.3 Å². The number of hydrogen-bond donors (Lipinski definition) is 2. The molecule has 4 heteroatoms. The first-order valence-electron chi connectivity index (χ1n) is 9.75. The number of ether oxygens (including phenoxy) is 1. The highest BCUT2D eigenvalue weighted by Gasteiger charge is 2.28. The van der Waals surface area contributed by atoms with E-state index in [4.69, 9.17) is 4.74 Å². The van der Waals surface area contributed by atoms with Crippen LogP contribution in [-0.2, 0) is 4.75 Å². The molecule has 0 aliphatic rings. The monoisotopic (exact) mass is 383 g/mol. The Balaban J connectivity index is 1.70. The molecule has 1 atom stereocenters. The highest BCUT2D eigenvalue weighted by molar-refractivity contribution is 8.00. The normalized spacial score (nSPS) is 13.6. The summed E-state index contributed by atoms with van der Waals surface area (Å²) in [7, 11) is 0. The van der Waals surface area contributed by atoms with Gasteiger partial charge in [-0.05, 0) is 43.2 Å². The zero-order chi connectivity index (χ0) is 19.1. The standard InChI is InChI=1S/C23H29NO2S/c1-3-4-5-9-14-26-20-12-13-21-18(15-20)16-22(24-21)27-23(2,17-25)19-10-7-6-8-11-19/h6-8,10-13,15-16,24-25H,3-5,9,14,17H2,1-2H3. The van der Waals surface area contributed by atoms with Crippen molar-refractivity contribution < 1.29 is 9.84 Å². The summed E-state index contributed by atoms with van der Waals surface area (Å²) in [4.78, 5) is 3.46. The predicted octanol–water partition coefficient (Wildman–Crippen LogP) is 6.13. The third-order valence-electron chi connectivity index (χ3n) is 4.86. The Labute approximate surface area is 166 Å². The number of aromatic nitrogens is 1. The summed E-state index contributed by atoms with van der Waals surface area (Å²) >= 11 is 1.66. The summed E-state index contributed by atoms with van der Waals surface area (Å²) in [6.07, 6.45) is 4.84. The van der Waals surface area contributed by atoms with Crippen molar-refractivity contribution in [1.29, 1.82) is 0 Å². The van der Waals surface area contributed by atoms with Gasteiger partial charge < -0.3 is 14.8 Å². The molecule has 144 valence electrons. The second-order valence-electron chi connectivity index (χ2n) is 7.15. The van der Waals surface area contributed by atoms with Crippen LogP contribution in [0, 0.1) is 0 Å². The lowest BCUT2D eigenvalue weighted by Crippen LogP contribution is -2.22. The van der Waals surface area contributed by atoms with Crippen LogP contribution in [0.15, 0.2) is 59.6 Å². The highest BCUT2D eigenvalue weighted by atomic mass is 32.2. The average molecular weight is 384 g/mol. The quantitative estimate of drug-likeness (QED) is 0.327. The topological polar surface area (TPSA) is 45.2 Å². The maximum atomic E-state index is 10.0. The summed E-state index contributed by atoms with van der Waals surface area (Å²) in [6.45, 7) is 5.14. The van der Waals surface area contributed by atoms with Gasteiger partial charge in [-0.3, -0.25) is 0 Å². The number of rotatable bonds is 10. The molecular weight excluding hydrogens is 354 g/mol. The van der Waals surface area contributed by atoms with Crippen molar-refractivity contribution in [3.05, 3.63) is 60.2 Å². The number of aliphatic hydroxyl groups is 1. The fourth-order valence-corrected chi connectivity index (χ4v) is 4.31. The van der Waals surface area contributed by atoms with E-state index in [-0.39, 0.29) is 11.4 Å². The van der Waals surface area contributed by atoms with Crippen LogP contribution in [0.5, 0.6) is 5.75 Å². The average Bonchev–Trinajstić information content (AvgIpc) is 3.09. The molecule has 0 aliphatic carbocycles. The number of nitrogens with one attached hydrogen (secondary N) is 1. The molecule has 2 aromatic carbocycles. The summed E-state index contributed by atoms with van der Waals surface area (Å²) in [6, 6.07) is 18.5. The lowest BCUT2D eigenvalue weighted by Gasteiger charge is -2.26. The zero-order valence-corrected chi connectivity index (χ0v) is 17.0. The van der Waals surface area contributed by atoms with Gasteiger partial charge in [0.2, 0.25) is 0 Å². The van der Waals surface area contributed by atoms with Crippen LogP contribution in [0.2, 0.25) is 0 Å². The Morgan fingerprint density at radius 2 is 1.85 bits per heavy atom. The fourth-order valence-electron chi connectivity index (χ4n) is 3.16. The predicted molar refractivity (Wildman–Crippen MR) is 115 cm³/mol. The van der Waals surface area contributed by atoms with Crippen LogP contribution in [0.25, 0.3) is 10.9 Å². The van der Waals surface area contributed by atoms with Crippen molar-refractivity contribution in [2.75, 3.05) is 13.2 Å². The van der Waals surface area contributed by atoms with Crippen LogP contribution in [-0.4, -0.2) is 23.3 Å². The largest absolute Gasteiger partial charge is 0.494 e. The summed E-state index contributed by atoms with van der Waals surface area (Å²) < 4.78 is 5.51. The second kappa shape index (κ2) is 9.34. The fraction of sp³-hybridized carbons (Fsp3) is 0.391. The molecule has 0 saturated heterocycles. The van der Waals surface area contributed by atoms with Gasteiger partial charge in [0.25, 0.3) is 0 Å². The van der Waals surface area contributed by atoms with E-state index < -0.39 is 0 Å². The number of hydrogen-bond acceptors (Lipinski definition) is 3. The SMILES string of the molecule is CCCCCCOc1ccc2[nH]c(SC(C)(CO)c3ccccc3)cc2c1. The molecule has 3 rings (SSSR count). The van der Waals surface area contributed by atoms with Crippen LogP contribution in [0.1, 0.15) is 45.1 Å². The molecule has 0 aliphatic heterocycles. The molecule has 1 unspecified atom stereocenters. The number of unbranched alkanes of at least 4 members (excludes halogenated alkanes) is 3. The number of benzene rings is 2. The van der Waals surface area contributed by atoms with E-state index in [0.717, 1.165) is 40.3 Å². The minimum atomic E-state index is -0.388. The van der Waals surface area contributed by atoms with Crippen molar-refractivity contribution in [1.82, 2.24) is 4.98 Å². The molecule has 3 nitrogen and oxygen atoms in total. The van der Waals surface area contributed by atoms with Crippen molar-refractivity contribution in [3.63, 3.8) is 0 Å². The Kier molecular flexibility index (Phi) is 6.86. The number of fused-ring (bicyclic) bond motifs is 1.